The number of sulfonamides is 1. The van der Waals surface area contributed by atoms with Crippen molar-refractivity contribution in [2.45, 2.75) is 17.4 Å². The first kappa shape index (κ1) is 19.4. The zero-order valence-electron chi connectivity index (χ0n) is 13.7. The molecule has 8 heteroatoms. The molecule has 0 aromatic heterocycles. The Labute approximate surface area is 155 Å². The molecule has 0 bridgehead atoms. The fraction of sp³-hybridized carbons (Fsp3) is 0.235. The van der Waals surface area contributed by atoms with E-state index in [1.165, 1.54) is 26.4 Å². The molecule has 0 aliphatic heterocycles. The lowest BCUT2D eigenvalue weighted by atomic mass is 10.1. The van der Waals surface area contributed by atoms with Gasteiger partial charge in [0.2, 0.25) is 10.0 Å². The minimum Gasteiger partial charge on any atom is -0.497 e. The topological polar surface area (TPSA) is 81.7 Å². The average Bonchev–Trinajstić information content (AvgIpc) is 2.61. The summed E-state index contributed by atoms with van der Waals surface area (Å²) in [4.78, 5) is 11.8. The van der Waals surface area contributed by atoms with Crippen molar-refractivity contribution in [3.05, 3.63) is 58.6 Å². The summed E-state index contributed by atoms with van der Waals surface area (Å²) in [5, 5.41) is 0. The Hall–Kier alpha value is -1.90. The molecule has 2 rings (SSSR count). The number of methoxy groups -OCH3 is 2. The molecular formula is C17H18BrNO5S. The number of ether oxygens (including phenoxy) is 2. The third kappa shape index (κ3) is 5.29. The van der Waals surface area contributed by atoms with Gasteiger partial charge in [-0.05, 0) is 42.0 Å². The Morgan fingerprint density at radius 1 is 1.08 bits per heavy atom. The van der Waals surface area contributed by atoms with Gasteiger partial charge in [-0.1, -0.05) is 28.1 Å². The summed E-state index contributed by atoms with van der Waals surface area (Å²) in [6.07, 6.45) is -0.118. The second-order valence-corrected chi connectivity index (χ2v) is 7.81. The minimum atomic E-state index is -3.82. The standard InChI is InChI=1S/C17H18BrNO5S/c1-23-14-7-9-15(10-8-14)25(21,22)19-16(11-17(20)24-2)12-3-5-13(18)6-4-12/h3-10,16,19H,11H2,1-2H3/t16-/m1/s1. The third-order valence-corrected chi connectivity index (χ3v) is 5.55. The van der Waals surface area contributed by atoms with Crippen LogP contribution in [0, 0.1) is 0 Å². The molecule has 2 aromatic carbocycles. The van der Waals surface area contributed by atoms with Crippen LogP contribution in [0.5, 0.6) is 5.75 Å². The van der Waals surface area contributed by atoms with E-state index in [0.29, 0.717) is 11.3 Å². The van der Waals surface area contributed by atoms with Gasteiger partial charge in [0.15, 0.2) is 0 Å². The Bertz CT molecular complexity index is 819. The van der Waals surface area contributed by atoms with Crippen LogP contribution in [-0.2, 0) is 19.6 Å². The molecule has 25 heavy (non-hydrogen) atoms. The van der Waals surface area contributed by atoms with Crippen LogP contribution in [0.15, 0.2) is 57.9 Å². The van der Waals surface area contributed by atoms with Crippen LogP contribution >= 0.6 is 15.9 Å². The van der Waals surface area contributed by atoms with E-state index in [9.17, 15) is 13.2 Å². The van der Waals surface area contributed by atoms with Crippen molar-refractivity contribution < 1.29 is 22.7 Å². The van der Waals surface area contributed by atoms with E-state index in [0.717, 1.165) is 4.47 Å². The van der Waals surface area contributed by atoms with Gasteiger partial charge >= 0.3 is 5.97 Å². The van der Waals surface area contributed by atoms with E-state index in [1.807, 2.05) is 0 Å². The lowest BCUT2D eigenvalue weighted by molar-refractivity contribution is -0.141. The van der Waals surface area contributed by atoms with Crippen molar-refractivity contribution in [1.82, 2.24) is 4.72 Å². The summed E-state index contributed by atoms with van der Waals surface area (Å²) < 4.78 is 38.4. The lowest BCUT2D eigenvalue weighted by Crippen LogP contribution is -2.30. The molecule has 0 saturated carbocycles. The molecule has 0 aliphatic carbocycles. The van der Waals surface area contributed by atoms with Crippen molar-refractivity contribution in [3.8, 4) is 5.75 Å². The molecule has 0 spiro atoms. The predicted molar refractivity (Wildman–Crippen MR) is 96.8 cm³/mol. The van der Waals surface area contributed by atoms with Gasteiger partial charge in [0.25, 0.3) is 0 Å². The minimum absolute atomic E-state index is 0.0836. The molecule has 0 amide bonds. The Kier molecular flexibility index (Phi) is 6.57. The zero-order chi connectivity index (χ0) is 18.4. The highest BCUT2D eigenvalue weighted by atomic mass is 79.9. The van der Waals surface area contributed by atoms with Crippen molar-refractivity contribution in [2.75, 3.05) is 14.2 Å². The van der Waals surface area contributed by atoms with E-state index in [1.54, 1.807) is 36.4 Å². The van der Waals surface area contributed by atoms with Gasteiger partial charge in [0.05, 0.1) is 31.6 Å². The van der Waals surface area contributed by atoms with Crippen LogP contribution in [-0.4, -0.2) is 28.6 Å². The first-order chi connectivity index (χ1) is 11.9. The number of esters is 1. The van der Waals surface area contributed by atoms with Gasteiger partial charge in [0, 0.05) is 4.47 Å². The molecule has 6 nitrogen and oxygen atoms in total. The van der Waals surface area contributed by atoms with E-state index in [-0.39, 0.29) is 11.3 Å². The highest BCUT2D eigenvalue weighted by Gasteiger charge is 2.24. The smallest absolute Gasteiger partial charge is 0.307 e. The molecule has 2 aromatic rings. The van der Waals surface area contributed by atoms with Crippen molar-refractivity contribution in [3.63, 3.8) is 0 Å². The number of benzene rings is 2. The SMILES string of the molecule is COC(=O)C[C@@H](NS(=O)(=O)c1ccc(OC)cc1)c1ccc(Br)cc1. The second-order valence-electron chi connectivity index (χ2n) is 5.18. The summed E-state index contributed by atoms with van der Waals surface area (Å²) in [7, 11) is -1.06. The molecule has 1 N–H and O–H groups in total. The maximum absolute atomic E-state index is 12.6. The first-order valence-corrected chi connectivity index (χ1v) is 9.62. The van der Waals surface area contributed by atoms with Gasteiger partial charge < -0.3 is 9.47 Å². The van der Waals surface area contributed by atoms with Crippen LogP contribution in [0.25, 0.3) is 0 Å². The molecule has 0 aliphatic rings. The van der Waals surface area contributed by atoms with Gasteiger partial charge in [-0.3, -0.25) is 4.79 Å². The molecule has 0 radical (unpaired) electrons. The maximum atomic E-state index is 12.6. The summed E-state index contributed by atoms with van der Waals surface area (Å²) in [5.74, 6) is 0.0447. The van der Waals surface area contributed by atoms with Gasteiger partial charge in [0.1, 0.15) is 5.75 Å². The van der Waals surface area contributed by atoms with Gasteiger partial charge in [-0.25, -0.2) is 13.1 Å². The third-order valence-electron chi connectivity index (χ3n) is 3.54. The molecule has 0 fully saturated rings. The van der Waals surface area contributed by atoms with E-state index >= 15 is 0 Å². The zero-order valence-corrected chi connectivity index (χ0v) is 16.1. The summed E-state index contributed by atoms with van der Waals surface area (Å²) in [5.41, 5.74) is 0.658. The Morgan fingerprint density at radius 3 is 2.20 bits per heavy atom. The van der Waals surface area contributed by atoms with Gasteiger partial charge in [-0.15, -0.1) is 0 Å². The monoisotopic (exact) mass is 427 g/mol. The van der Waals surface area contributed by atoms with Crippen LogP contribution < -0.4 is 9.46 Å². The number of carbonyl (C=O) groups excluding carboxylic acids is 1. The number of hydrogen-bond donors (Lipinski definition) is 1. The first-order valence-electron chi connectivity index (χ1n) is 7.34. The highest BCUT2D eigenvalue weighted by Crippen LogP contribution is 2.23. The highest BCUT2D eigenvalue weighted by molar-refractivity contribution is 9.10. The van der Waals surface area contributed by atoms with Crippen molar-refractivity contribution >= 4 is 31.9 Å². The molecule has 0 saturated heterocycles. The summed E-state index contributed by atoms with van der Waals surface area (Å²) >= 11 is 3.33. The van der Waals surface area contributed by atoms with E-state index in [4.69, 9.17) is 4.74 Å². The second kappa shape index (κ2) is 8.46. The van der Waals surface area contributed by atoms with Crippen LogP contribution in [0.3, 0.4) is 0 Å². The largest absolute Gasteiger partial charge is 0.497 e. The van der Waals surface area contributed by atoms with Crippen molar-refractivity contribution in [1.29, 1.82) is 0 Å². The molecule has 134 valence electrons. The van der Waals surface area contributed by atoms with E-state index in [2.05, 4.69) is 25.4 Å². The molecule has 0 heterocycles. The fourth-order valence-corrected chi connectivity index (χ4v) is 3.67. The Balaban J connectivity index is 2.30. The summed E-state index contributed by atoms with van der Waals surface area (Å²) in [6.45, 7) is 0. The van der Waals surface area contributed by atoms with Gasteiger partial charge in [-0.2, -0.15) is 0 Å². The number of nitrogens with one attached hydrogen (secondary N) is 1. The average molecular weight is 428 g/mol. The molecule has 1 atom stereocenters. The lowest BCUT2D eigenvalue weighted by Gasteiger charge is -2.18. The quantitative estimate of drug-likeness (QED) is 0.686. The maximum Gasteiger partial charge on any atom is 0.307 e. The number of halogens is 1. The Morgan fingerprint density at radius 2 is 1.68 bits per heavy atom. The number of carbonyl (C=O) groups is 1. The van der Waals surface area contributed by atoms with E-state index < -0.39 is 22.0 Å². The van der Waals surface area contributed by atoms with Crippen molar-refractivity contribution in [2.24, 2.45) is 0 Å². The molecule has 0 unspecified atom stereocenters. The normalized spacial score (nSPS) is 12.4. The number of rotatable bonds is 7. The molecular weight excluding hydrogens is 410 g/mol. The summed E-state index contributed by atoms with van der Waals surface area (Å²) in [6, 6.07) is 12.3. The predicted octanol–water partition coefficient (Wildman–Crippen LogP) is 3.04. The fourth-order valence-electron chi connectivity index (χ4n) is 2.18. The van der Waals surface area contributed by atoms with Crippen LogP contribution in [0.2, 0.25) is 0 Å². The number of hydrogen-bond acceptors (Lipinski definition) is 5. The van der Waals surface area contributed by atoms with Crippen LogP contribution in [0.1, 0.15) is 18.0 Å². The van der Waals surface area contributed by atoms with Crippen LogP contribution in [0.4, 0.5) is 0 Å².